The van der Waals surface area contributed by atoms with Crippen LogP contribution in [0.4, 0.5) is 5.69 Å². The normalized spacial score (nSPS) is 11.2. The molecule has 0 aliphatic heterocycles. The summed E-state index contributed by atoms with van der Waals surface area (Å²) in [4.78, 5) is 0. The van der Waals surface area contributed by atoms with Crippen molar-refractivity contribution in [2.24, 2.45) is 0 Å². The molecule has 5 heteroatoms. The Hall–Kier alpha value is -2.01. The van der Waals surface area contributed by atoms with E-state index in [0.29, 0.717) is 12.1 Å². The summed E-state index contributed by atoms with van der Waals surface area (Å²) in [5.41, 5.74) is 3.43. The van der Waals surface area contributed by atoms with Crippen molar-refractivity contribution in [3.05, 3.63) is 59.2 Å². The van der Waals surface area contributed by atoms with Crippen molar-refractivity contribution < 1.29 is 13.2 Å². The summed E-state index contributed by atoms with van der Waals surface area (Å²) in [5, 5.41) is 0. The Labute approximate surface area is 132 Å². The van der Waals surface area contributed by atoms with E-state index in [9.17, 15) is 8.42 Å². The lowest BCUT2D eigenvalue weighted by molar-refractivity contribution is 0.411. The first kappa shape index (κ1) is 16.4. The van der Waals surface area contributed by atoms with Gasteiger partial charge in [-0.1, -0.05) is 30.3 Å². The number of hydrogen-bond donors (Lipinski definition) is 1. The second kappa shape index (κ2) is 6.83. The third-order valence-corrected chi connectivity index (χ3v) is 5.00. The molecule has 0 unspecified atom stereocenters. The van der Waals surface area contributed by atoms with Gasteiger partial charge < -0.3 is 4.74 Å². The number of hydrogen-bond acceptors (Lipinski definition) is 3. The molecule has 0 spiro atoms. The Morgan fingerprint density at radius 3 is 2.32 bits per heavy atom. The van der Waals surface area contributed by atoms with E-state index in [4.69, 9.17) is 4.74 Å². The Morgan fingerprint density at radius 1 is 1.00 bits per heavy atom. The minimum absolute atomic E-state index is 0.0571. The molecule has 118 valence electrons. The first-order valence-electron chi connectivity index (χ1n) is 7.11. The maximum Gasteiger partial charge on any atom is 0.233 e. The summed E-state index contributed by atoms with van der Waals surface area (Å²) >= 11 is 0. The van der Waals surface area contributed by atoms with E-state index in [0.717, 1.165) is 22.4 Å². The van der Waals surface area contributed by atoms with Crippen molar-refractivity contribution in [2.45, 2.75) is 20.3 Å². The van der Waals surface area contributed by atoms with Gasteiger partial charge in [0, 0.05) is 0 Å². The summed E-state index contributed by atoms with van der Waals surface area (Å²) in [7, 11) is -1.78. The van der Waals surface area contributed by atoms with E-state index < -0.39 is 10.0 Å². The van der Waals surface area contributed by atoms with E-state index >= 15 is 0 Å². The number of ether oxygens (including phenoxy) is 1. The summed E-state index contributed by atoms with van der Waals surface area (Å²) in [6, 6.07) is 13.1. The topological polar surface area (TPSA) is 55.4 Å². The molecule has 0 aromatic heterocycles. The van der Waals surface area contributed by atoms with Crippen LogP contribution in [-0.4, -0.2) is 21.3 Å². The monoisotopic (exact) mass is 319 g/mol. The van der Waals surface area contributed by atoms with Gasteiger partial charge in [-0.05, 0) is 49.1 Å². The molecule has 0 radical (unpaired) electrons. The first-order chi connectivity index (χ1) is 10.4. The van der Waals surface area contributed by atoms with Crippen molar-refractivity contribution in [3.63, 3.8) is 0 Å². The number of aryl methyl sites for hydroxylation is 1. The third kappa shape index (κ3) is 4.01. The average molecular weight is 319 g/mol. The van der Waals surface area contributed by atoms with Gasteiger partial charge in [0.25, 0.3) is 0 Å². The fraction of sp³-hybridized carbons (Fsp3) is 0.294. The van der Waals surface area contributed by atoms with E-state index in [2.05, 4.69) is 4.72 Å². The molecule has 2 aromatic rings. The maximum absolute atomic E-state index is 12.2. The molecule has 2 rings (SSSR count). The van der Waals surface area contributed by atoms with Gasteiger partial charge in [0.15, 0.2) is 0 Å². The minimum Gasteiger partial charge on any atom is -0.496 e. The molecule has 2 aromatic carbocycles. The second-order valence-electron chi connectivity index (χ2n) is 5.22. The molecule has 4 nitrogen and oxygen atoms in total. The van der Waals surface area contributed by atoms with Crippen LogP contribution < -0.4 is 9.46 Å². The molecule has 0 aliphatic carbocycles. The van der Waals surface area contributed by atoms with Crippen molar-refractivity contribution in [3.8, 4) is 5.75 Å². The van der Waals surface area contributed by atoms with Crippen LogP contribution in [0.1, 0.15) is 16.7 Å². The zero-order chi connectivity index (χ0) is 16.2. The fourth-order valence-electron chi connectivity index (χ4n) is 2.24. The van der Waals surface area contributed by atoms with E-state index in [-0.39, 0.29) is 5.75 Å². The van der Waals surface area contributed by atoms with Gasteiger partial charge in [-0.3, -0.25) is 4.72 Å². The summed E-state index contributed by atoms with van der Waals surface area (Å²) in [6.07, 6.45) is 0.490. The van der Waals surface area contributed by atoms with Crippen LogP contribution in [0.3, 0.4) is 0 Å². The number of anilines is 1. The summed E-state index contributed by atoms with van der Waals surface area (Å²) in [6.45, 7) is 3.79. The average Bonchev–Trinajstić information content (AvgIpc) is 2.51. The molecule has 0 amide bonds. The van der Waals surface area contributed by atoms with Crippen LogP contribution in [0.5, 0.6) is 5.75 Å². The van der Waals surface area contributed by atoms with Gasteiger partial charge in [0.2, 0.25) is 10.0 Å². The Morgan fingerprint density at radius 2 is 1.68 bits per heavy atom. The largest absolute Gasteiger partial charge is 0.496 e. The Kier molecular flexibility index (Phi) is 5.08. The van der Waals surface area contributed by atoms with E-state index in [1.807, 2.05) is 44.2 Å². The number of nitrogens with one attached hydrogen (secondary N) is 1. The van der Waals surface area contributed by atoms with Gasteiger partial charge in [-0.2, -0.15) is 0 Å². The molecule has 0 atom stereocenters. The highest BCUT2D eigenvalue weighted by Gasteiger charge is 2.14. The van der Waals surface area contributed by atoms with Crippen LogP contribution in [0.2, 0.25) is 0 Å². The fourth-order valence-corrected chi connectivity index (χ4v) is 3.41. The number of benzene rings is 2. The zero-order valence-electron chi connectivity index (χ0n) is 13.1. The van der Waals surface area contributed by atoms with Crippen LogP contribution in [0, 0.1) is 13.8 Å². The van der Waals surface area contributed by atoms with Crippen LogP contribution in [0.15, 0.2) is 42.5 Å². The van der Waals surface area contributed by atoms with Crippen molar-refractivity contribution in [1.82, 2.24) is 0 Å². The molecule has 0 aliphatic rings. The minimum atomic E-state index is -3.38. The summed E-state index contributed by atoms with van der Waals surface area (Å²) < 4.78 is 32.4. The van der Waals surface area contributed by atoms with Gasteiger partial charge in [0.1, 0.15) is 5.75 Å². The number of sulfonamides is 1. The molecule has 22 heavy (non-hydrogen) atoms. The van der Waals surface area contributed by atoms with Crippen LogP contribution in [-0.2, 0) is 16.4 Å². The predicted molar refractivity (Wildman–Crippen MR) is 90.0 cm³/mol. The molecule has 0 bridgehead atoms. The Bertz CT molecular complexity index is 740. The standard InChI is InChI=1S/C17H21NO3S/c1-13-14(2)17(21-3)10-9-16(13)18-22(19,20)12-11-15-7-5-4-6-8-15/h4-10,18H,11-12H2,1-3H3. The molecule has 0 saturated heterocycles. The lowest BCUT2D eigenvalue weighted by Gasteiger charge is -2.14. The highest BCUT2D eigenvalue weighted by Crippen LogP contribution is 2.27. The Balaban J connectivity index is 2.10. The first-order valence-corrected chi connectivity index (χ1v) is 8.77. The highest BCUT2D eigenvalue weighted by molar-refractivity contribution is 7.92. The van der Waals surface area contributed by atoms with Crippen LogP contribution >= 0.6 is 0 Å². The predicted octanol–water partition coefficient (Wildman–Crippen LogP) is 3.30. The van der Waals surface area contributed by atoms with E-state index in [1.54, 1.807) is 19.2 Å². The van der Waals surface area contributed by atoms with Gasteiger partial charge >= 0.3 is 0 Å². The highest BCUT2D eigenvalue weighted by atomic mass is 32.2. The second-order valence-corrected chi connectivity index (χ2v) is 7.06. The lowest BCUT2D eigenvalue weighted by atomic mass is 10.1. The van der Waals surface area contributed by atoms with Gasteiger partial charge in [-0.15, -0.1) is 0 Å². The van der Waals surface area contributed by atoms with Crippen molar-refractivity contribution in [2.75, 3.05) is 17.6 Å². The number of rotatable bonds is 6. The third-order valence-electron chi connectivity index (χ3n) is 3.73. The van der Waals surface area contributed by atoms with Crippen molar-refractivity contribution >= 4 is 15.7 Å². The molecule has 0 heterocycles. The van der Waals surface area contributed by atoms with E-state index in [1.165, 1.54) is 0 Å². The molecule has 0 fully saturated rings. The molecule has 0 saturated carbocycles. The molecular weight excluding hydrogens is 298 g/mol. The lowest BCUT2D eigenvalue weighted by Crippen LogP contribution is -2.19. The zero-order valence-corrected chi connectivity index (χ0v) is 13.9. The van der Waals surface area contributed by atoms with Crippen LogP contribution in [0.25, 0.3) is 0 Å². The summed E-state index contributed by atoms with van der Waals surface area (Å²) in [5.74, 6) is 0.811. The quantitative estimate of drug-likeness (QED) is 0.889. The number of methoxy groups -OCH3 is 1. The SMILES string of the molecule is COc1ccc(NS(=O)(=O)CCc2ccccc2)c(C)c1C. The maximum atomic E-state index is 12.2. The van der Waals surface area contributed by atoms with Gasteiger partial charge in [-0.25, -0.2) is 8.42 Å². The van der Waals surface area contributed by atoms with Crippen molar-refractivity contribution in [1.29, 1.82) is 0 Å². The van der Waals surface area contributed by atoms with Gasteiger partial charge in [0.05, 0.1) is 18.6 Å². The molecule has 1 N–H and O–H groups in total. The smallest absolute Gasteiger partial charge is 0.233 e. The molecular formula is C17H21NO3S.